The van der Waals surface area contributed by atoms with Gasteiger partial charge in [0.1, 0.15) is 5.69 Å². The lowest BCUT2D eigenvalue weighted by molar-refractivity contribution is 0.364. The Morgan fingerprint density at radius 3 is 2.86 bits per heavy atom. The predicted molar refractivity (Wildman–Crippen MR) is 85.7 cm³/mol. The molecule has 0 unspecified atom stereocenters. The average molecular weight is 303 g/mol. The standard InChI is InChI=1S/C16H19ClN4/c1-16(2,8-4-9-18)12-19-14-7-3-6-13(17)15(14)21-11-5-10-20-21/h3,5-7,10-11,19H,4,8,12H2,1-2H3. The van der Waals surface area contributed by atoms with Gasteiger partial charge in [-0.25, -0.2) is 4.68 Å². The average Bonchev–Trinajstić information content (AvgIpc) is 2.97. The maximum Gasteiger partial charge on any atom is 0.106 e. The fraction of sp³-hybridized carbons (Fsp3) is 0.375. The molecule has 2 rings (SSSR count). The highest BCUT2D eigenvalue weighted by molar-refractivity contribution is 6.33. The molecule has 1 N–H and O–H groups in total. The van der Waals surface area contributed by atoms with Crippen molar-refractivity contribution in [1.82, 2.24) is 9.78 Å². The second kappa shape index (κ2) is 6.64. The second-order valence-corrected chi connectivity index (χ2v) is 6.17. The first kappa shape index (κ1) is 15.4. The first-order valence-corrected chi connectivity index (χ1v) is 7.31. The summed E-state index contributed by atoms with van der Waals surface area (Å²) in [7, 11) is 0. The predicted octanol–water partition coefficient (Wildman–Crippen LogP) is 4.27. The van der Waals surface area contributed by atoms with Gasteiger partial charge in [-0.15, -0.1) is 0 Å². The molecule has 110 valence electrons. The smallest absolute Gasteiger partial charge is 0.106 e. The van der Waals surface area contributed by atoms with Crippen molar-refractivity contribution < 1.29 is 0 Å². The molecule has 0 atom stereocenters. The highest BCUT2D eigenvalue weighted by Crippen LogP contribution is 2.30. The summed E-state index contributed by atoms with van der Waals surface area (Å²) in [4.78, 5) is 0. The number of benzene rings is 1. The molecule has 0 aliphatic heterocycles. The van der Waals surface area contributed by atoms with E-state index in [1.54, 1.807) is 10.9 Å². The molecule has 0 saturated heterocycles. The number of anilines is 1. The molecule has 0 saturated carbocycles. The molecule has 1 heterocycles. The minimum absolute atomic E-state index is 0.0411. The van der Waals surface area contributed by atoms with Crippen LogP contribution in [0.4, 0.5) is 5.69 Å². The first-order valence-electron chi connectivity index (χ1n) is 6.93. The molecule has 0 spiro atoms. The van der Waals surface area contributed by atoms with Crippen LogP contribution >= 0.6 is 11.6 Å². The molecule has 1 aromatic carbocycles. The zero-order valence-corrected chi connectivity index (χ0v) is 13.1. The SMILES string of the molecule is CC(C)(CCC#N)CNc1cccc(Cl)c1-n1cccn1. The summed E-state index contributed by atoms with van der Waals surface area (Å²) < 4.78 is 1.76. The number of nitrogens with one attached hydrogen (secondary N) is 1. The number of rotatable bonds is 6. The summed E-state index contributed by atoms with van der Waals surface area (Å²) in [6.07, 6.45) is 5.02. The summed E-state index contributed by atoms with van der Waals surface area (Å²) in [5, 5.41) is 17.1. The van der Waals surface area contributed by atoms with Crippen LogP contribution in [0.2, 0.25) is 5.02 Å². The van der Waals surface area contributed by atoms with Crippen molar-refractivity contribution in [1.29, 1.82) is 5.26 Å². The lowest BCUT2D eigenvalue weighted by atomic mass is 9.88. The van der Waals surface area contributed by atoms with E-state index in [-0.39, 0.29) is 5.41 Å². The van der Waals surface area contributed by atoms with Gasteiger partial charge in [-0.05, 0) is 30.0 Å². The van der Waals surface area contributed by atoms with Gasteiger partial charge in [-0.3, -0.25) is 0 Å². The van der Waals surface area contributed by atoms with E-state index in [0.717, 1.165) is 24.3 Å². The minimum atomic E-state index is 0.0411. The van der Waals surface area contributed by atoms with E-state index in [1.165, 1.54) is 0 Å². The maximum atomic E-state index is 8.72. The highest BCUT2D eigenvalue weighted by atomic mass is 35.5. The Bertz CT molecular complexity index is 626. The van der Waals surface area contributed by atoms with Crippen LogP contribution in [0.15, 0.2) is 36.7 Å². The minimum Gasteiger partial charge on any atom is -0.383 e. The van der Waals surface area contributed by atoms with Gasteiger partial charge in [-0.2, -0.15) is 10.4 Å². The van der Waals surface area contributed by atoms with Crippen LogP contribution in [0, 0.1) is 16.7 Å². The van der Waals surface area contributed by atoms with Crippen LogP contribution < -0.4 is 5.32 Å². The van der Waals surface area contributed by atoms with Gasteiger partial charge >= 0.3 is 0 Å². The number of aromatic nitrogens is 2. The van der Waals surface area contributed by atoms with E-state index in [9.17, 15) is 0 Å². The molecule has 1 aromatic heterocycles. The third-order valence-corrected chi connectivity index (χ3v) is 3.70. The number of halogens is 1. The highest BCUT2D eigenvalue weighted by Gasteiger charge is 2.18. The van der Waals surface area contributed by atoms with E-state index in [0.29, 0.717) is 11.4 Å². The number of para-hydroxylation sites is 1. The van der Waals surface area contributed by atoms with Crippen molar-refractivity contribution in [2.24, 2.45) is 5.41 Å². The molecule has 2 aromatic rings. The number of nitrogens with zero attached hydrogens (tertiary/aromatic N) is 3. The Hall–Kier alpha value is -1.99. The summed E-state index contributed by atoms with van der Waals surface area (Å²) in [6, 6.07) is 9.82. The summed E-state index contributed by atoms with van der Waals surface area (Å²) in [5.41, 5.74) is 1.83. The van der Waals surface area contributed by atoms with Gasteiger partial charge in [-0.1, -0.05) is 31.5 Å². The molecule has 0 fully saturated rings. The Balaban J connectivity index is 2.18. The topological polar surface area (TPSA) is 53.6 Å². The van der Waals surface area contributed by atoms with Gasteiger partial charge in [0, 0.05) is 25.4 Å². The number of nitriles is 1. The molecule has 0 amide bonds. The molecular formula is C16H19ClN4. The molecule has 0 bridgehead atoms. The molecule has 0 aliphatic rings. The van der Waals surface area contributed by atoms with Crippen molar-refractivity contribution in [3.8, 4) is 11.8 Å². The number of hydrogen-bond donors (Lipinski definition) is 1. The van der Waals surface area contributed by atoms with E-state index in [2.05, 4.69) is 30.3 Å². The van der Waals surface area contributed by atoms with E-state index < -0.39 is 0 Å². The van der Waals surface area contributed by atoms with Gasteiger partial charge in [0.15, 0.2) is 0 Å². The van der Waals surface area contributed by atoms with Crippen molar-refractivity contribution in [2.75, 3.05) is 11.9 Å². The molecule has 4 nitrogen and oxygen atoms in total. The van der Waals surface area contributed by atoms with Gasteiger partial charge in [0.25, 0.3) is 0 Å². The van der Waals surface area contributed by atoms with Crippen molar-refractivity contribution in [2.45, 2.75) is 26.7 Å². The second-order valence-electron chi connectivity index (χ2n) is 5.76. The third kappa shape index (κ3) is 3.99. The summed E-state index contributed by atoms with van der Waals surface area (Å²) >= 11 is 6.31. The van der Waals surface area contributed by atoms with Crippen molar-refractivity contribution in [3.05, 3.63) is 41.7 Å². The Morgan fingerprint density at radius 1 is 1.38 bits per heavy atom. The quantitative estimate of drug-likeness (QED) is 0.867. The van der Waals surface area contributed by atoms with E-state index in [1.807, 2.05) is 30.5 Å². The molecule has 21 heavy (non-hydrogen) atoms. The van der Waals surface area contributed by atoms with Crippen LogP contribution in [0.25, 0.3) is 5.69 Å². The zero-order chi connectivity index (χ0) is 15.3. The summed E-state index contributed by atoms with van der Waals surface area (Å²) in [6.45, 7) is 5.06. The fourth-order valence-electron chi connectivity index (χ4n) is 2.11. The Kier molecular flexibility index (Phi) is 4.87. The maximum absolute atomic E-state index is 8.72. The van der Waals surface area contributed by atoms with Crippen LogP contribution in [-0.2, 0) is 0 Å². The van der Waals surface area contributed by atoms with Crippen LogP contribution in [0.1, 0.15) is 26.7 Å². The lowest BCUT2D eigenvalue weighted by Crippen LogP contribution is -2.23. The zero-order valence-electron chi connectivity index (χ0n) is 12.3. The first-order chi connectivity index (χ1) is 10.0. The molecule has 0 radical (unpaired) electrons. The monoisotopic (exact) mass is 302 g/mol. The Labute approximate surface area is 130 Å². The van der Waals surface area contributed by atoms with Crippen LogP contribution in [0.5, 0.6) is 0 Å². The van der Waals surface area contributed by atoms with Crippen LogP contribution in [0.3, 0.4) is 0 Å². The Morgan fingerprint density at radius 2 is 2.19 bits per heavy atom. The van der Waals surface area contributed by atoms with E-state index >= 15 is 0 Å². The van der Waals surface area contributed by atoms with Gasteiger partial charge < -0.3 is 5.32 Å². The third-order valence-electron chi connectivity index (χ3n) is 3.39. The molecule has 0 aliphatic carbocycles. The number of hydrogen-bond acceptors (Lipinski definition) is 3. The fourth-order valence-corrected chi connectivity index (χ4v) is 2.37. The summed E-state index contributed by atoms with van der Waals surface area (Å²) in [5.74, 6) is 0. The van der Waals surface area contributed by atoms with Gasteiger partial charge in [0.2, 0.25) is 0 Å². The van der Waals surface area contributed by atoms with Crippen LogP contribution in [-0.4, -0.2) is 16.3 Å². The molecular weight excluding hydrogens is 284 g/mol. The van der Waals surface area contributed by atoms with E-state index in [4.69, 9.17) is 16.9 Å². The molecule has 5 heteroatoms. The normalized spacial score (nSPS) is 11.1. The largest absolute Gasteiger partial charge is 0.383 e. The van der Waals surface area contributed by atoms with Crippen molar-refractivity contribution >= 4 is 17.3 Å². The lowest BCUT2D eigenvalue weighted by Gasteiger charge is -2.25. The van der Waals surface area contributed by atoms with Gasteiger partial charge in [0.05, 0.1) is 16.8 Å². The van der Waals surface area contributed by atoms with Crippen molar-refractivity contribution in [3.63, 3.8) is 0 Å².